The second kappa shape index (κ2) is 5.55. The van der Waals surface area contributed by atoms with Crippen molar-refractivity contribution in [1.29, 1.82) is 0 Å². The lowest BCUT2D eigenvalue weighted by Gasteiger charge is -2.08. The number of hydrogen-bond acceptors (Lipinski definition) is 4. The van der Waals surface area contributed by atoms with E-state index < -0.39 is 0 Å². The monoisotopic (exact) mass is 351 g/mol. The molecule has 20 heavy (non-hydrogen) atoms. The number of halogens is 1. The van der Waals surface area contributed by atoms with Crippen LogP contribution in [0, 0.1) is 6.92 Å². The smallest absolute Gasteiger partial charge is 0.243 e. The van der Waals surface area contributed by atoms with Gasteiger partial charge in [0.25, 0.3) is 0 Å². The summed E-state index contributed by atoms with van der Waals surface area (Å²) in [6.07, 6.45) is 2.01. The number of imidazole rings is 1. The summed E-state index contributed by atoms with van der Waals surface area (Å²) >= 11 is 5.13. The summed E-state index contributed by atoms with van der Waals surface area (Å²) in [4.78, 5) is 5.49. The van der Waals surface area contributed by atoms with E-state index in [2.05, 4.69) is 30.6 Å². The largest absolute Gasteiger partial charge is 0.436 e. The highest BCUT2D eigenvalue weighted by Gasteiger charge is 2.15. The molecular formula is C14H14BrN3OS. The number of fused-ring (bicyclic) bond motifs is 1. The van der Waals surface area contributed by atoms with Crippen LogP contribution in [0.2, 0.25) is 0 Å². The van der Waals surface area contributed by atoms with E-state index in [9.17, 15) is 0 Å². The minimum absolute atomic E-state index is 0.649. The summed E-state index contributed by atoms with van der Waals surface area (Å²) in [6, 6.07) is 6.01. The highest BCUT2D eigenvalue weighted by atomic mass is 79.9. The number of benzene rings is 1. The van der Waals surface area contributed by atoms with E-state index in [1.165, 1.54) is 5.56 Å². The Labute approximate surface area is 129 Å². The quantitative estimate of drug-likeness (QED) is 0.772. The fourth-order valence-corrected chi connectivity index (χ4v) is 3.31. The fraction of sp³-hybridized carbons (Fsp3) is 0.214. The number of ether oxygens (including phenoxy) is 1. The Kier molecular flexibility index (Phi) is 3.78. The van der Waals surface area contributed by atoms with Crippen LogP contribution in [-0.2, 0) is 6.54 Å². The van der Waals surface area contributed by atoms with Crippen LogP contribution in [0.25, 0.3) is 4.96 Å². The first-order chi connectivity index (χ1) is 9.69. The van der Waals surface area contributed by atoms with E-state index >= 15 is 0 Å². The molecule has 1 N–H and O–H groups in total. The Morgan fingerprint density at radius 2 is 2.30 bits per heavy atom. The molecule has 0 aliphatic rings. The van der Waals surface area contributed by atoms with Crippen LogP contribution >= 0.6 is 27.3 Å². The van der Waals surface area contributed by atoms with Crippen LogP contribution in [-0.4, -0.2) is 16.4 Å². The molecule has 0 saturated heterocycles. The average Bonchev–Trinajstić information content (AvgIpc) is 2.96. The Hall–Kier alpha value is -1.37. The lowest BCUT2D eigenvalue weighted by Crippen LogP contribution is -2.08. The average molecular weight is 352 g/mol. The van der Waals surface area contributed by atoms with E-state index in [4.69, 9.17) is 4.74 Å². The summed E-state index contributed by atoms with van der Waals surface area (Å²) in [5.41, 5.74) is 2.21. The van der Waals surface area contributed by atoms with Crippen molar-refractivity contribution >= 4 is 32.2 Å². The number of aryl methyl sites for hydroxylation is 1. The van der Waals surface area contributed by atoms with Gasteiger partial charge in [-0.2, -0.15) is 4.98 Å². The van der Waals surface area contributed by atoms with Crippen molar-refractivity contribution in [2.45, 2.75) is 13.5 Å². The summed E-state index contributed by atoms with van der Waals surface area (Å²) in [6.45, 7) is 2.75. The third kappa shape index (κ3) is 2.46. The first-order valence-corrected chi connectivity index (χ1v) is 7.89. The lowest BCUT2D eigenvalue weighted by molar-refractivity contribution is 0.454. The molecule has 3 rings (SSSR count). The topological polar surface area (TPSA) is 38.6 Å². The van der Waals surface area contributed by atoms with Crippen LogP contribution in [0.4, 0.5) is 0 Å². The molecule has 0 saturated carbocycles. The van der Waals surface area contributed by atoms with Gasteiger partial charge in [-0.1, -0.05) is 6.07 Å². The third-order valence-electron chi connectivity index (χ3n) is 2.96. The van der Waals surface area contributed by atoms with Gasteiger partial charge >= 0.3 is 0 Å². The molecule has 0 amide bonds. The van der Waals surface area contributed by atoms with Gasteiger partial charge in [-0.25, -0.2) is 0 Å². The molecule has 4 nitrogen and oxygen atoms in total. The molecule has 0 aliphatic heterocycles. The molecule has 0 radical (unpaired) electrons. The zero-order chi connectivity index (χ0) is 14.1. The van der Waals surface area contributed by atoms with Gasteiger partial charge in [-0.15, -0.1) is 11.3 Å². The van der Waals surface area contributed by atoms with Gasteiger partial charge in [-0.05, 0) is 47.6 Å². The second-order valence-corrected chi connectivity index (χ2v) is 6.21. The van der Waals surface area contributed by atoms with Crippen molar-refractivity contribution in [3.8, 4) is 11.6 Å². The van der Waals surface area contributed by atoms with E-state index in [1.807, 2.05) is 43.7 Å². The normalized spacial score (nSPS) is 11.2. The molecule has 0 atom stereocenters. The maximum atomic E-state index is 5.98. The lowest BCUT2D eigenvalue weighted by atomic mass is 10.2. The minimum Gasteiger partial charge on any atom is -0.436 e. The van der Waals surface area contributed by atoms with Crippen molar-refractivity contribution in [2.24, 2.45) is 0 Å². The Bertz CT molecular complexity index is 750. The molecule has 0 spiro atoms. The Morgan fingerprint density at radius 1 is 1.45 bits per heavy atom. The molecule has 0 fully saturated rings. The first-order valence-electron chi connectivity index (χ1n) is 6.22. The highest BCUT2D eigenvalue weighted by molar-refractivity contribution is 9.10. The molecule has 2 heterocycles. The number of thiazole rings is 1. The van der Waals surface area contributed by atoms with E-state index in [-0.39, 0.29) is 0 Å². The highest BCUT2D eigenvalue weighted by Crippen LogP contribution is 2.32. The van der Waals surface area contributed by atoms with Crippen molar-refractivity contribution in [2.75, 3.05) is 7.05 Å². The van der Waals surface area contributed by atoms with Crippen LogP contribution in [0.1, 0.15) is 11.3 Å². The molecular weight excluding hydrogens is 338 g/mol. The zero-order valence-corrected chi connectivity index (χ0v) is 13.6. The molecule has 0 aliphatic carbocycles. The van der Waals surface area contributed by atoms with Crippen LogP contribution in [0.15, 0.2) is 34.2 Å². The third-order valence-corrected chi connectivity index (χ3v) is 4.34. The second-order valence-electron chi connectivity index (χ2n) is 4.49. The maximum absolute atomic E-state index is 5.98. The van der Waals surface area contributed by atoms with E-state index in [0.717, 1.165) is 20.9 Å². The van der Waals surface area contributed by atoms with Gasteiger partial charge in [-0.3, -0.25) is 4.40 Å². The molecule has 0 bridgehead atoms. The van der Waals surface area contributed by atoms with Gasteiger partial charge in [0, 0.05) is 18.1 Å². The van der Waals surface area contributed by atoms with Gasteiger partial charge in [0.2, 0.25) is 5.88 Å². The first kappa shape index (κ1) is 13.6. The molecule has 3 aromatic rings. The number of hydrogen-bond donors (Lipinski definition) is 1. The minimum atomic E-state index is 0.649. The number of aromatic nitrogens is 2. The van der Waals surface area contributed by atoms with Crippen LogP contribution < -0.4 is 10.1 Å². The van der Waals surface area contributed by atoms with Crippen LogP contribution in [0.3, 0.4) is 0 Å². The van der Waals surface area contributed by atoms with Gasteiger partial charge in [0.05, 0.1) is 4.47 Å². The van der Waals surface area contributed by atoms with E-state index in [1.54, 1.807) is 11.3 Å². The summed E-state index contributed by atoms with van der Waals surface area (Å²) < 4.78 is 8.97. The Balaban J connectivity index is 2.01. The molecule has 1 aromatic carbocycles. The SMILES string of the molecule is CNCc1c(Oc2ccc(C)cc2Br)nc2sccn12. The van der Waals surface area contributed by atoms with Gasteiger partial charge < -0.3 is 10.1 Å². The Morgan fingerprint density at radius 3 is 3.05 bits per heavy atom. The standard InChI is InChI=1S/C14H14BrN3OS/c1-9-3-4-12(10(15)7-9)19-13-11(8-16-2)18-5-6-20-14(18)17-13/h3-7,16H,8H2,1-2H3. The number of nitrogens with zero attached hydrogens (tertiary/aromatic N) is 2. The number of nitrogens with one attached hydrogen (secondary N) is 1. The summed E-state index contributed by atoms with van der Waals surface area (Å²) in [7, 11) is 1.91. The van der Waals surface area contributed by atoms with Gasteiger partial charge in [0.15, 0.2) is 4.96 Å². The maximum Gasteiger partial charge on any atom is 0.243 e. The summed E-state index contributed by atoms with van der Waals surface area (Å²) in [5, 5.41) is 5.17. The fourth-order valence-electron chi connectivity index (χ4n) is 2.02. The van der Waals surface area contributed by atoms with Crippen molar-refractivity contribution in [1.82, 2.24) is 14.7 Å². The summed E-state index contributed by atoms with van der Waals surface area (Å²) in [5.74, 6) is 1.43. The van der Waals surface area contributed by atoms with E-state index in [0.29, 0.717) is 12.4 Å². The van der Waals surface area contributed by atoms with Crippen molar-refractivity contribution < 1.29 is 4.74 Å². The molecule has 104 valence electrons. The van der Waals surface area contributed by atoms with Crippen LogP contribution in [0.5, 0.6) is 11.6 Å². The molecule has 2 aromatic heterocycles. The molecule has 6 heteroatoms. The number of rotatable bonds is 4. The zero-order valence-electron chi connectivity index (χ0n) is 11.2. The van der Waals surface area contributed by atoms with Crippen molar-refractivity contribution in [3.63, 3.8) is 0 Å². The molecule has 0 unspecified atom stereocenters. The van der Waals surface area contributed by atoms with Crippen molar-refractivity contribution in [3.05, 3.63) is 45.5 Å². The predicted molar refractivity (Wildman–Crippen MR) is 84.8 cm³/mol. The predicted octanol–water partition coefficient (Wildman–Crippen LogP) is 3.98. The van der Waals surface area contributed by atoms with Gasteiger partial charge in [0.1, 0.15) is 11.4 Å².